The van der Waals surface area contributed by atoms with E-state index in [-0.39, 0.29) is 11.6 Å². The molecule has 0 spiro atoms. The fraction of sp³-hybridized carbons (Fsp3) is 0.421. The normalized spacial score (nSPS) is 14.5. The van der Waals surface area contributed by atoms with Crippen molar-refractivity contribution in [3.05, 3.63) is 36.0 Å². The highest BCUT2D eigenvalue weighted by molar-refractivity contribution is 5.84. The molecule has 0 fully saturated rings. The predicted molar refractivity (Wildman–Crippen MR) is 94.3 cm³/mol. The first-order valence-corrected chi connectivity index (χ1v) is 8.38. The molecule has 0 atom stereocenters. The molecule has 24 heavy (non-hydrogen) atoms. The maximum atomic E-state index is 12.6. The van der Waals surface area contributed by atoms with Crippen molar-refractivity contribution in [3.63, 3.8) is 0 Å². The number of hydrogen-bond donors (Lipinski definition) is 1. The van der Waals surface area contributed by atoms with Gasteiger partial charge in [-0.15, -0.1) is 12.3 Å². The Morgan fingerprint density at radius 3 is 2.83 bits per heavy atom. The Morgan fingerprint density at radius 1 is 1.33 bits per heavy atom. The van der Waals surface area contributed by atoms with Gasteiger partial charge in [-0.05, 0) is 18.6 Å². The first-order chi connectivity index (χ1) is 11.7. The van der Waals surface area contributed by atoms with Gasteiger partial charge in [-0.2, -0.15) is 10.2 Å². The predicted octanol–water partition coefficient (Wildman–Crippen LogP) is 3.87. The van der Waals surface area contributed by atoms with Crippen LogP contribution in [0.2, 0.25) is 0 Å². The molecule has 3 rings (SSSR count). The van der Waals surface area contributed by atoms with E-state index in [1.807, 2.05) is 36.2 Å². The summed E-state index contributed by atoms with van der Waals surface area (Å²) in [5.41, 5.74) is 1.85. The van der Waals surface area contributed by atoms with E-state index in [2.05, 4.69) is 27.2 Å². The molecule has 0 bridgehead atoms. The van der Waals surface area contributed by atoms with Gasteiger partial charge in [0, 0.05) is 55.9 Å². The molecule has 2 aromatic rings. The molecule has 1 amide bonds. The quantitative estimate of drug-likeness (QED) is 0.737. The Morgan fingerprint density at radius 2 is 2.12 bits per heavy atom. The van der Waals surface area contributed by atoms with Gasteiger partial charge in [-0.1, -0.05) is 18.2 Å². The maximum absolute atomic E-state index is 12.6. The van der Waals surface area contributed by atoms with Crippen molar-refractivity contribution in [3.8, 4) is 12.3 Å². The summed E-state index contributed by atoms with van der Waals surface area (Å²) in [5, 5.41) is 9.37. The van der Waals surface area contributed by atoms with E-state index in [1.165, 1.54) is 5.39 Å². The molecule has 0 unspecified atom stereocenters. The molecule has 124 valence electrons. The lowest BCUT2D eigenvalue weighted by Gasteiger charge is -2.21. The number of carbonyl (C=O) groups excluding carboxylic acids is 1. The summed E-state index contributed by atoms with van der Waals surface area (Å²) in [5.74, 6) is 2.75. The van der Waals surface area contributed by atoms with Crippen LogP contribution in [0.3, 0.4) is 0 Å². The molecule has 0 saturated heterocycles. The lowest BCUT2D eigenvalue weighted by Crippen LogP contribution is -2.31. The number of nitrogens with one attached hydrogen (secondary N) is 1. The molecule has 2 heterocycles. The van der Waals surface area contributed by atoms with Crippen LogP contribution in [0.25, 0.3) is 10.9 Å². The zero-order valence-electron chi connectivity index (χ0n) is 14.0. The minimum atomic E-state index is -0.387. The molecule has 1 aromatic carbocycles. The van der Waals surface area contributed by atoms with Crippen LogP contribution in [-0.4, -0.2) is 28.0 Å². The zero-order valence-corrected chi connectivity index (χ0v) is 14.0. The molecular formula is C19H22N4O. The van der Waals surface area contributed by atoms with Gasteiger partial charge in [0.15, 0.2) is 5.66 Å². The number of amides is 1. The number of terminal acetylenes is 1. The average molecular weight is 322 g/mol. The molecule has 1 aromatic heterocycles. The minimum Gasteiger partial charge on any atom is -0.361 e. The van der Waals surface area contributed by atoms with Crippen LogP contribution in [0.15, 0.2) is 40.7 Å². The third-order valence-corrected chi connectivity index (χ3v) is 4.56. The molecule has 1 aliphatic rings. The number of para-hydroxylation sites is 1. The molecule has 0 radical (unpaired) electrons. The molecule has 0 saturated carbocycles. The summed E-state index contributed by atoms with van der Waals surface area (Å²) < 4.78 is 0. The lowest BCUT2D eigenvalue weighted by molar-refractivity contribution is -0.131. The summed E-state index contributed by atoms with van der Waals surface area (Å²) in [6.07, 6.45) is 9.78. The van der Waals surface area contributed by atoms with Gasteiger partial charge < -0.3 is 9.88 Å². The second kappa shape index (κ2) is 6.88. The summed E-state index contributed by atoms with van der Waals surface area (Å²) in [4.78, 5) is 17.7. The minimum absolute atomic E-state index is 0.139. The lowest BCUT2D eigenvalue weighted by atomic mass is 10.0. The molecule has 1 aliphatic heterocycles. The van der Waals surface area contributed by atoms with Crippen LogP contribution >= 0.6 is 0 Å². The Hall–Kier alpha value is -2.61. The molecule has 5 heteroatoms. The van der Waals surface area contributed by atoms with Gasteiger partial charge in [0.05, 0.1) is 0 Å². The van der Waals surface area contributed by atoms with Crippen LogP contribution in [-0.2, 0) is 11.3 Å². The van der Waals surface area contributed by atoms with Gasteiger partial charge >= 0.3 is 0 Å². The van der Waals surface area contributed by atoms with Crippen LogP contribution in [0, 0.1) is 12.3 Å². The number of hydrogen-bond acceptors (Lipinski definition) is 3. The second-order valence-corrected chi connectivity index (χ2v) is 6.15. The molecule has 1 N–H and O–H groups in total. The van der Waals surface area contributed by atoms with Crippen molar-refractivity contribution < 1.29 is 4.79 Å². The summed E-state index contributed by atoms with van der Waals surface area (Å²) >= 11 is 0. The first-order valence-electron chi connectivity index (χ1n) is 8.38. The fourth-order valence-corrected chi connectivity index (χ4v) is 2.98. The van der Waals surface area contributed by atoms with Crippen LogP contribution in [0.1, 0.15) is 38.2 Å². The molecular weight excluding hydrogens is 300 g/mol. The maximum Gasteiger partial charge on any atom is 0.223 e. The van der Waals surface area contributed by atoms with Crippen LogP contribution in [0.4, 0.5) is 0 Å². The van der Waals surface area contributed by atoms with E-state index < -0.39 is 0 Å². The smallest absolute Gasteiger partial charge is 0.223 e. The number of fused-ring (bicyclic) bond motifs is 1. The van der Waals surface area contributed by atoms with Gasteiger partial charge in [-0.25, -0.2) is 0 Å². The number of benzene rings is 1. The van der Waals surface area contributed by atoms with Crippen molar-refractivity contribution in [1.82, 2.24) is 9.88 Å². The first kappa shape index (κ1) is 16.3. The second-order valence-electron chi connectivity index (χ2n) is 6.15. The van der Waals surface area contributed by atoms with E-state index in [9.17, 15) is 4.79 Å². The van der Waals surface area contributed by atoms with E-state index in [0.717, 1.165) is 17.5 Å². The number of aromatic amines is 1. The van der Waals surface area contributed by atoms with E-state index in [0.29, 0.717) is 32.4 Å². The fourth-order valence-electron chi connectivity index (χ4n) is 2.98. The Balaban J connectivity index is 1.60. The summed E-state index contributed by atoms with van der Waals surface area (Å²) in [6.45, 7) is 3.31. The van der Waals surface area contributed by atoms with E-state index in [4.69, 9.17) is 6.42 Å². The largest absolute Gasteiger partial charge is 0.361 e. The standard InChI is InChI=1S/C19H22N4O/c1-3-5-11-19(21-22-19)12-10-18(24)23(4-2)14-15-13-20-17-9-7-6-8-16(15)17/h1,6-9,13,20H,4-5,10-12,14H2,2H3. The van der Waals surface area contributed by atoms with E-state index >= 15 is 0 Å². The van der Waals surface area contributed by atoms with Gasteiger partial charge in [0.2, 0.25) is 5.91 Å². The summed E-state index contributed by atoms with van der Waals surface area (Å²) in [6, 6.07) is 8.14. The highest BCUT2D eigenvalue weighted by Crippen LogP contribution is 2.37. The number of rotatable bonds is 8. The van der Waals surface area contributed by atoms with Crippen molar-refractivity contribution in [2.45, 2.75) is 44.8 Å². The highest BCUT2D eigenvalue weighted by atomic mass is 16.2. The number of carbonyl (C=O) groups is 1. The van der Waals surface area contributed by atoms with Gasteiger partial charge in [-0.3, -0.25) is 4.79 Å². The van der Waals surface area contributed by atoms with Crippen molar-refractivity contribution in [1.29, 1.82) is 0 Å². The summed E-state index contributed by atoms with van der Waals surface area (Å²) in [7, 11) is 0. The third kappa shape index (κ3) is 3.48. The SMILES string of the molecule is C#CCCC1(CCC(=O)N(CC)Cc2c[nH]c3ccccc23)N=N1. The average Bonchev–Trinajstić information content (AvgIpc) is 3.28. The Bertz CT molecular complexity index is 793. The van der Waals surface area contributed by atoms with E-state index in [1.54, 1.807) is 0 Å². The van der Waals surface area contributed by atoms with Gasteiger partial charge in [0.25, 0.3) is 0 Å². The zero-order chi connectivity index (χ0) is 17.0. The molecule has 0 aliphatic carbocycles. The Kier molecular flexibility index (Phi) is 4.66. The number of nitrogens with zero attached hydrogens (tertiary/aromatic N) is 3. The van der Waals surface area contributed by atoms with Crippen molar-refractivity contribution >= 4 is 16.8 Å². The van der Waals surface area contributed by atoms with Crippen LogP contribution < -0.4 is 0 Å². The third-order valence-electron chi connectivity index (χ3n) is 4.56. The number of H-pyrrole nitrogens is 1. The van der Waals surface area contributed by atoms with Crippen molar-refractivity contribution in [2.24, 2.45) is 10.2 Å². The molecule has 5 nitrogen and oxygen atoms in total. The van der Waals surface area contributed by atoms with Crippen molar-refractivity contribution in [2.75, 3.05) is 6.54 Å². The number of aromatic nitrogens is 1. The monoisotopic (exact) mass is 322 g/mol. The van der Waals surface area contributed by atoms with Crippen LogP contribution in [0.5, 0.6) is 0 Å². The Labute approximate surface area is 142 Å². The topological polar surface area (TPSA) is 60.8 Å². The highest BCUT2D eigenvalue weighted by Gasteiger charge is 2.39. The van der Waals surface area contributed by atoms with Gasteiger partial charge in [0.1, 0.15) is 0 Å².